The van der Waals surface area contributed by atoms with Crippen molar-refractivity contribution in [2.24, 2.45) is 5.10 Å². The first kappa shape index (κ1) is 18.4. The number of hydrogen-bond donors (Lipinski definition) is 1. The lowest BCUT2D eigenvalue weighted by molar-refractivity contribution is -0.123. The molecule has 0 bridgehead atoms. The molecule has 0 saturated heterocycles. The van der Waals surface area contributed by atoms with E-state index in [0.717, 1.165) is 6.42 Å². The van der Waals surface area contributed by atoms with E-state index in [-0.39, 0.29) is 12.4 Å². The van der Waals surface area contributed by atoms with Gasteiger partial charge in [0.15, 0.2) is 6.61 Å². The van der Waals surface area contributed by atoms with Gasteiger partial charge < -0.3 is 9.47 Å². The number of para-hydroxylation sites is 1. The Morgan fingerprint density at radius 1 is 1.20 bits per heavy atom. The lowest BCUT2D eigenvalue weighted by Crippen LogP contribution is -2.24. The first-order valence-corrected chi connectivity index (χ1v) is 7.66. The quantitative estimate of drug-likeness (QED) is 0.588. The van der Waals surface area contributed by atoms with E-state index in [1.165, 1.54) is 17.8 Å². The number of benzene rings is 2. The minimum Gasteiger partial charge on any atom is -0.484 e. The van der Waals surface area contributed by atoms with E-state index in [4.69, 9.17) is 4.74 Å². The maximum Gasteiger partial charge on any atom is 0.387 e. The molecule has 0 radical (unpaired) electrons. The molecule has 5 nitrogen and oxygen atoms in total. The van der Waals surface area contributed by atoms with Gasteiger partial charge in [-0.3, -0.25) is 4.79 Å². The number of amides is 1. The Balaban J connectivity index is 1.84. The molecule has 0 aliphatic heterocycles. The van der Waals surface area contributed by atoms with Gasteiger partial charge in [-0.2, -0.15) is 13.9 Å². The number of carbonyl (C=O) groups is 1. The summed E-state index contributed by atoms with van der Waals surface area (Å²) in [5, 5.41) is 3.72. The zero-order chi connectivity index (χ0) is 18.1. The molecular weight excluding hydrogens is 330 g/mol. The van der Waals surface area contributed by atoms with Crippen LogP contribution in [0.5, 0.6) is 11.5 Å². The van der Waals surface area contributed by atoms with Gasteiger partial charge in [-0.1, -0.05) is 31.2 Å². The van der Waals surface area contributed by atoms with Crippen molar-refractivity contribution in [3.8, 4) is 11.5 Å². The predicted octanol–water partition coefficient (Wildman–Crippen LogP) is 3.38. The third kappa shape index (κ3) is 6.21. The highest BCUT2D eigenvalue weighted by Gasteiger charge is 2.07. The molecule has 0 spiro atoms. The molecule has 0 fully saturated rings. The zero-order valence-electron chi connectivity index (χ0n) is 13.6. The first-order valence-electron chi connectivity index (χ1n) is 7.66. The summed E-state index contributed by atoms with van der Waals surface area (Å²) in [6.07, 6.45) is 2.15. The highest BCUT2D eigenvalue weighted by Crippen LogP contribution is 2.18. The molecule has 0 aliphatic rings. The minimum absolute atomic E-state index is 0.0252. The van der Waals surface area contributed by atoms with Crippen LogP contribution in [0.4, 0.5) is 8.78 Å². The van der Waals surface area contributed by atoms with Gasteiger partial charge in [0.05, 0.1) is 6.21 Å². The van der Waals surface area contributed by atoms with Crippen molar-refractivity contribution in [3.05, 3.63) is 59.7 Å². The van der Waals surface area contributed by atoms with Crippen LogP contribution in [0.1, 0.15) is 18.1 Å². The van der Waals surface area contributed by atoms with E-state index in [2.05, 4.69) is 15.3 Å². The van der Waals surface area contributed by atoms with Gasteiger partial charge in [0.25, 0.3) is 5.91 Å². The number of hydrogen-bond acceptors (Lipinski definition) is 4. The predicted molar refractivity (Wildman–Crippen MR) is 90.1 cm³/mol. The number of carbonyl (C=O) groups excluding carboxylic acids is 1. The second-order valence-corrected chi connectivity index (χ2v) is 5.00. The molecule has 0 saturated carbocycles. The number of nitrogens with one attached hydrogen (secondary N) is 1. The fourth-order valence-electron chi connectivity index (χ4n) is 1.97. The van der Waals surface area contributed by atoms with Crippen molar-refractivity contribution in [1.29, 1.82) is 0 Å². The maximum atomic E-state index is 12.3. The molecule has 1 N–H and O–H groups in total. The molecule has 2 aromatic carbocycles. The van der Waals surface area contributed by atoms with Crippen LogP contribution >= 0.6 is 0 Å². The molecule has 7 heteroatoms. The highest BCUT2D eigenvalue weighted by molar-refractivity contribution is 5.85. The molecule has 2 rings (SSSR count). The van der Waals surface area contributed by atoms with Gasteiger partial charge in [-0.25, -0.2) is 5.43 Å². The Morgan fingerprint density at radius 2 is 1.92 bits per heavy atom. The summed E-state index contributed by atoms with van der Waals surface area (Å²) in [6.45, 7) is -1.10. The number of alkyl halides is 2. The van der Waals surface area contributed by atoms with Crippen LogP contribution in [0.2, 0.25) is 0 Å². The number of aryl methyl sites for hydroxylation is 1. The van der Waals surface area contributed by atoms with Crippen molar-refractivity contribution in [2.75, 3.05) is 6.61 Å². The number of halogens is 2. The summed E-state index contributed by atoms with van der Waals surface area (Å²) >= 11 is 0. The van der Waals surface area contributed by atoms with Gasteiger partial charge in [0, 0.05) is 5.56 Å². The average Bonchev–Trinajstić information content (AvgIpc) is 2.61. The van der Waals surface area contributed by atoms with Gasteiger partial charge in [-0.05, 0) is 36.2 Å². The number of nitrogens with zero attached hydrogens (tertiary/aromatic N) is 1. The Morgan fingerprint density at radius 3 is 2.60 bits per heavy atom. The summed E-state index contributed by atoms with van der Waals surface area (Å²) in [6, 6.07) is 13.5. The van der Waals surface area contributed by atoms with Crippen molar-refractivity contribution in [3.63, 3.8) is 0 Å². The van der Waals surface area contributed by atoms with E-state index < -0.39 is 12.5 Å². The van der Waals surface area contributed by atoms with Crippen molar-refractivity contribution in [2.45, 2.75) is 20.0 Å². The maximum absolute atomic E-state index is 12.3. The smallest absolute Gasteiger partial charge is 0.387 e. The Kier molecular flexibility index (Phi) is 6.88. The third-order valence-electron chi connectivity index (χ3n) is 3.23. The number of rotatable bonds is 8. The highest BCUT2D eigenvalue weighted by atomic mass is 19.3. The Hall–Kier alpha value is -2.96. The molecule has 25 heavy (non-hydrogen) atoms. The Bertz CT molecular complexity index is 719. The number of hydrazone groups is 1. The summed E-state index contributed by atoms with van der Waals surface area (Å²) in [7, 11) is 0. The second kappa shape index (κ2) is 9.36. The van der Waals surface area contributed by atoms with Gasteiger partial charge in [0.2, 0.25) is 0 Å². The van der Waals surface area contributed by atoms with Crippen molar-refractivity contribution in [1.82, 2.24) is 5.43 Å². The molecule has 2 aromatic rings. The van der Waals surface area contributed by atoms with E-state index in [9.17, 15) is 13.6 Å². The second-order valence-electron chi connectivity index (χ2n) is 5.00. The van der Waals surface area contributed by atoms with E-state index >= 15 is 0 Å². The van der Waals surface area contributed by atoms with E-state index in [1.54, 1.807) is 30.3 Å². The van der Waals surface area contributed by atoms with Crippen LogP contribution in [0.3, 0.4) is 0 Å². The minimum atomic E-state index is -2.93. The standard InChI is InChI=1S/C18H18F2N2O3/c1-2-13-7-9-15(10-8-13)24-12-17(23)22-21-11-14-5-3-4-6-16(14)25-18(19)20/h3-11,18H,2,12H2,1H3,(H,22,23)/b21-11-. The van der Waals surface area contributed by atoms with Crippen molar-refractivity contribution < 1.29 is 23.0 Å². The lowest BCUT2D eigenvalue weighted by atomic mass is 10.2. The van der Waals surface area contributed by atoms with Crippen LogP contribution in [-0.4, -0.2) is 25.3 Å². The topological polar surface area (TPSA) is 59.9 Å². The fraction of sp³-hybridized carbons (Fsp3) is 0.222. The Labute approximate surface area is 144 Å². The summed E-state index contributed by atoms with van der Waals surface area (Å²) in [4.78, 5) is 11.7. The molecule has 0 unspecified atom stereocenters. The van der Waals surface area contributed by atoms with Crippen LogP contribution in [0.15, 0.2) is 53.6 Å². The van der Waals surface area contributed by atoms with Crippen LogP contribution in [-0.2, 0) is 11.2 Å². The van der Waals surface area contributed by atoms with Crippen molar-refractivity contribution >= 4 is 12.1 Å². The molecule has 132 valence electrons. The molecule has 0 aliphatic carbocycles. The molecule has 0 heterocycles. The van der Waals surface area contributed by atoms with Gasteiger partial charge in [0.1, 0.15) is 11.5 Å². The fourth-order valence-corrected chi connectivity index (χ4v) is 1.97. The first-order chi connectivity index (χ1) is 12.1. The third-order valence-corrected chi connectivity index (χ3v) is 3.23. The van der Waals surface area contributed by atoms with Crippen LogP contribution < -0.4 is 14.9 Å². The largest absolute Gasteiger partial charge is 0.484 e. The monoisotopic (exact) mass is 348 g/mol. The average molecular weight is 348 g/mol. The van der Waals surface area contributed by atoms with Crippen LogP contribution in [0, 0.1) is 0 Å². The number of ether oxygens (including phenoxy) is 2. The molecular formula is C18H18F2N2O3. The van der Waals surface area contributed by atoms with Gasteiger partial charge >= 0.3 is 6.61 Å². The molecule has 0 aromatic heterocycles. The zero-order valence-corrected chi connectivity index (χ0v) is 13.6. The molecule has 0 atom stereocenters. The normalized spacial score (nSPS) is 10.9. The summed E-state index contributed by atoms with van der Waals surface area (Å²) < 4.78 is 34.3. The van der Waals surface area contributed by atoms with E-state index in [0.29, 0.717) is 11.3 Å². The van der Waals surface area contributed by atoms with E-state index in [1.807, 2.05) is 19.1 Å². The molecule has 1 amide bonds. The SMILES string of the molecule is CCc1ccc(OCC(=O)N/N=C\c2ccccc2OC(F)F)cc1. The van der Waals surface area contributed by atoms with Crippen LogP contribution in [0.25, 0.3) is 0 Å². The summed E-state index contributed by atoms with van der Waals surface area (Å²) in [5.41, 5.74) is 3.76. The summed E-state index contributed by atoms with van der Waals surface area (Å²) in [5.74, 6) is 0.0813. The van der Waals surface area contributed by atoms with Gasteiger partial charge in [-0.15, -0.1) is 0 Å². The lowest BCUT2D eigenvalue weighted by Gasteiger charge is -2.07.